The minimum Gasteiger partial charge on any atom is -0.468 e. The van der Waals surface area contributed by atoms with Crippen molar-refractivity contribution in [3.05, 3.63) is 40.1 Å². The maximum atomic E-state index is 10.8. The molecule has 0 aliphatic heterocycles. The van der Waals surface area contributed by atoms with Gasteiger partial charge in [0, 0.05) is 23.0 Å². The number of nitrogens with one attached hydrogen (secondary N) is 1. The summed E-state index contributed by atoms with van der Waals surface area (Å²) >= 11 is 3.32. The van der Waals surface area contributed by atoms with E-state index < -0.39 is 0 Å². The van der Waals surface area contributed by atoms with Crippen LogP contribution in [0.4, 0.5) is 5.69 Å². The van der Waals surface area contributed by atoms with E-state index >= 15 is 0 Å². The number of halogens is 1. The predicted molar refractivity (Wildman–Crippen MR) is 80.1 cm³/mol. The van der Waals surface area contributed by atoms with E-state index in [1.165, 1.54) is 0 Å². The number of fused-ring (bicyclic) bond motifs is 1. The Morgan fingerprint density at radius 1 is 1.50 bits per heavy atom. The highest BCUT2D eigenvalue weighted by molar-refractivity contribution is 9.09. The zero-order chi connectivity index (χ0) is 15.0. The third kappa shape index (κ3) is 4.34. The lowest BCUT2D eigenvalue weighted by molar-refractivity contribution is -0.383. The summed E-state index contributed by atoms with van der Waals surface area (Å²) in [4.78, 5) is 22.6. The molecule has 0 bridgehead atoms. The van der Waals surface area contributed by atoms with Crippen molar-refractivity contribution >= 4 is 39.0 Å². The number of H-pyrrole nitrogens is 1. The minimum atomic E-state index is -0.351. The average Bonchev–Trinajstić information content (AvgIpc) is 2.88. The number of hydrogen-bond acceptors (Lipinski definition) is 4. The summed E-state index contributed by atoms with van der Waals surface area (Å²) < 4.78 is 4.15. The average molecular weight is 343 g/mol. The van der Waals surface area contributed by atoms with Crippen LogP contribution in [0, 0.1) is 10.1 Å². The van der Waals surface area contributed by atoms with Crippen LogP contribution in [0.15, 0.2) is 24.4 Å². The number of nitro groups is 1. The van der Waals surface area contributed by atoms with Crippen LogP contribution in [0.2, 0.25) is 0 Å². The molecule has 0 saturated carbocycles. The van der Waals surface area contributed by atoms with Crippen molar-refractivity contribution in [2.24, 2.45) is 0 Å². The summed E-state index contributed by atoms with van der Waals surface area (Å²) in [5, 5.41) is 12.5. The Balaban J connectivity index is 0.000000347. The number of benzene rings is 1. The largest absolute Gasteiger partial charge is 0.468 e. The molecular weight excluding hydrogens is 328 g/mol. The van der Waals surface area contributed by atoms with Crippen LogP contribution >= 0.6 is 15.9 Å². The Morgan fingerprint density at radius 3 is 2.75 bits per heavy atom. The maximum absolute atomic E-state index is 10.8. The number of alkyl halides is 1. The van der Waals surface area contributed by atoms with Gasteiger partial charge in [-0.15, -0.1) is 0 Å². The lowest BCUT2D eigenvalue weighted by atomic mass is 10.1. The zero-order valence-electron chi connectivity index (χ0n) is 11.0. The molecule has 0 radical (unpaired) electrons. The molecule has 1 aromatic carbocycles. The standard InChI is InChI=1S/C10H9BrN2O2.C3H6O2/c11-3-1-7-5-8-2-4-12-10(8)9(6-7)13(14)15;1-2-5-3-4/h2,4-6,12H,1,3H2;3H,2H2,1H3. The number of nitrogens with zero attached hydrogens (tertiary/aromatic N) is 1. The topological polar surface area (TPSA) is 85.2 Å². The monoisotopic (exact) mass is 342 g/mol. The van der Waals surface area contributed by atoms with Gasteiger partial charge in [0.25, 0.3) is 12.2 Å². The first-order valence-corrected chi connectivity index (χ1v) is 7.11. The minimum absolute atomic E-state index is 0.147. The van der Waals surface area contributed by atoms with E-state index in [1.807, 2.05) is 12.1 Å². The van der Waals surface area contributed by atoms with Crippen molar-refractivity contribution < 1.29 is 14.5 Å². The van der Waals surface area contributed by atoms with Gasteiger partial charge in [0.05, 0.1) is 11.5 Å². The summed E-state index contributed by atoms with van der Waals surface area (Å²) in [6.07, 6.45) is 2.51. The molecule has 1 aromatic heterocycles. The Morgan fingerprint density at radius 2 is 2.25 bits per heavy atom. The highest BCUT2D eigenvalue weighted by atomic mass is 79.9. The Labute approximate surface area is 124 Å². The van der Waals surface area contributed by atoms with E-state index in [0.29, 0.717) is 18.6 Å². The lowest BCUT2D eigenvalue weighted by Gasteiger charge is -2.00. The molecule has 108 valence electrons. The van der Waals surface area contributed by atoms with Crippen LogP contribution in [0.1, 0.15) is 12.5 Å². The summed E-state index contributed by atoms with van der Waals surface area (Å²) in [7, 11) is 0. The molecule has 0 unspecified atom stereocenters. The van der Waals surface area contributed by atoms with Gasteiger partial charge >= 0.3 is 0 Å². The van der Waals surface area contributed by atoms with E-state index in [2.05, 4.69) is 25.7 Å². The van der Waals surface area contributed by atoms with Gasteiger partial charge in [0.15, 0.2) is 0 Å². The molecule has 0 fully saturated rings. The second kappa shape index (κ2) is 8.31. The number of carbonyl (C=O) groups is 1. The smallest absolute Gasteiger partial charge is 0.293 e. The molecule has 1 heterocycles. The molecule has 0 atom stereocenters. The van der Waals surface area contributed by atoms with Crippen LogP contribution in [0.3, 0.4) is 0 Å². The van der Waals surface area contributed by atoms with Crippen LogP contribution in [0.5, 0.6) is 0 Å². The molecule has 6 nitrogen and oxygen atoms in total. The number of nitro benzene ring substituents is 1. The highest BCUT2D eigenvalue weighted by Gasteiger charge is 2.14. The van der Waals surface area contributed by atoms with Gasteiger partial charge in [-0.1, -0.05) is 15.9 Å². The molecule has 0 saturated heterocycles. The number of aromatic nitrogens is 1. The van der Waals surface area contributed by atoms with Crippen molar-refractivity contribution in [2.45, 2.75) is 13.3 Å². The van der Waals surface area contributed by atoms with E-state index in [9.17, 15) is 14.9 Å². The van der Waals surface area contributed by atoms with E-state index in [-0.39, 0.29) is 10.6 Å². The van der Waals surface area contributed by atoms with Gasteiger partial charge in [0.2, 0.25) is 0 Å². The molecule has 0 amide bonds. The summed E-state index contributed by atoms with van der Waals surface area (Å²) in [6, 6.07) is 5.44. The number of aryl methyl sites for hydroxylation is 1. The van der Waals surface area contributed by atoms with Crippen LogP contribution in [-0.4, -0.2) is 28.3 Å². The molecular formula is C13H15BrN2O4. The van der Waals surface area contributed by atoms with Crippen molar-refractivity contribution in [2.75, 3.05) is 11.9 Å². The fourth-order valence-electron chi connectivity index (χ4n) is 1.68. The van der Waals surface area contributed by atoms with E-state index in [0.717, 1.165) is 22.7 Å². The molecule has 2 aromatic rings. The van der Waals surface area contributed by atoms with Gasteiger partial charge in [-0.25, -0.2) is 0 Å². The van der Waals surface area contributed by atoms with Crippen molar-refractivity contribution in [1.29, 1.82) is 0 Å². The Hall–Kier alpha value is -1.89. The molecule has 0 aliphatic rings. The maximum Gasteiger partial charge on any atom is 0.293 e. The predicted octanol–water partition coefficient (Wildman–Crippen LogP) is 3.19. The molecule has 20 heavy (non-hydrogen) atoms. The van der Waals surface area contributed by atoms with Gasteiger partial charge in [-0.3, -0.25) is 14.9 Å². The number of rotatable bonds is 5. The number of carbonyl (C=O) groups excluding carboxylic acids is 1. The number of non-ortho nitro benzene ring substituents is 1. The van der Waals surface area contributed by atoms with E-state index in [4.69, 9.17) is 0 Å². The first kappa shape index (κ1) is 16.2. The second-order valence-corrected chi connectivity index (χ2v) is 4.60. The Kier molecular flexibility index (Phi) is 6.72. The van der Waals surface area contributed by atoms with Gasteiger partial charge in [0.1, 0.15) is 5.52 Å². The number of hydrogen-bond donors (Lipinski definition) is 1. The SMILES string of the molecule is CCOC=O.O=[N+]([O-])c1cc(CCBr)cc2cc[nH]c12. The lowest BCUT2D eigenvalue weighted by Crippen LogP contribution is -1.93. The van der Waals surface area contributed by atoms with Gasteiger partial charge in [-0.05, 0) is 31.0 Å². The van der Waals surface area contributed by atoms with Crippen LogP contribution in [0.25, 0.3) is 10.9 Å². The van der Waals surface area contributed by atoms with Gasteiger partial charge < -0.3 is 9.72 Å². The quantitative estimate of drug-likeness (QED) is 0.391. The summed E-state index contributed by atoms with van der Waals surface area (Å²) in [6.45, 7) is 2.66. The van der Waals surface area contributed by atoms with E-state index in [1.54, 1.807) is 19.2 Å². The molecule has 7 heteroatoms. The van der Waals surface area contributed by atoms with Crippen LogP contribution in [-0.2, 0) is 16.0 Å². The molecule has 2 rings (SSSR count). The second-order valence-electron chi connectivity index (χ2n) is 3.80. The van der Waals surface area contributed by atoms with Crippen molar-refractivity contribution in [1.82, 2.24) is 4.98 Å². The van der Waals surface area contributed by atoms with Gasteiger partial charge in [-0.2, -0.15) is 0 Å². The first-order chi connectivity index (χ1) is 9.63. The number of ether oxygens (including phenoxy) is 1. The third-order valence-electron chi connectivity index (χ3n) is 2.51. The summed E-state index contributed by atoms with van der Waals surface area (Å²) in [5.74, 6) is 0. The molecule has 0 aliphatic carbocycles. The third-order valence-corrected chi connectivity index (χ3v) is 2.91. The van der Waals surface area contributed by atoms with Crippen molar-refractivity contribution in [3.63, 3.8) is 0 Å². The first-order valence-electron chi connectivity index (χ1n) is 5.99. The van der Waals surface area contributed by atoms with Crippen LogP contribution < -0.4 is 0 Å². The van der Waals surface area contributed by atoms with Crippen molar-refractivity contribution in [3.8, 4) is 0 Å². The summed E-state index contributed by atoms with van der Waals surface area (Å²) in [5.41, 5.74) is 1.72. The molecule has 0 spiro atoms. The zero-order valence-corrected chi connectivity index (χ0v) is 12.6. The Bertz CT molecular complexity index is 583. The fourth-order valence-corrected chi connectivity index (χ4v) is 2.14. The number of aromatic amines is 1. The molecule has 1 N–H and O–H groups in total. The normalized spacial score (nSPS) is 9.70. The fraction of sp³-hybridized carbons (Fsp3) is 0.308. The highest BCUT2D eigenvalue weighted by Crippen LogP contribution is 2.26.